The molecule has 1 saturated heterocycles. The Bertz CT molecular complexity index is 409. The first-order chi connectivity index (χ1) is 9.13. The van der Waals surface area contributed by atoms with E-state index in [9.17, 15) is 14.4 Å². The molecule has 0 aromatic carbocycles. The van der Waals surface area contributed by atoms with E-state index in [1.807, 2.05) is 13.8 Å². The Morgan fingerprint density at radius 2 is 2.10 bits per heavy atom. The van der Waals surface area contributed by atoms with Gasteiger partial charge < -0.3 is 15.3 Å². The first kappa shape index (κ1) is 16.8. The van der Waals surface area contributed by atoms with Gasteiger partial charge in [-0.05, 0) is 19.8 Å². The Morgan fingerprint density at radius 1 is 1.50 bits per heavy atom. The number of hydrogen-bond donors (Lipinski definition) is 2. The molecule has 0 radical (unpaired) electrons. The number of nitrogens with zero attached hydrogens (tertiary/aromatic N) is 1. The molecule has 1 fully saturated rings. The van der Waals surface area contributed by atoms with Crippen molar-refractivity contribution >= 4 is 29.5 Å². The summed E-state index contributed by atoms with van der Waals surface area (Å²) in [6, 6.07) is -0.640. The fraction of sp³-hybridized carbons (Fsp3) is 0.769. The van der Waals surface area contributed by atoms with Crippen LogP contribution in [0.25, 0.3) is 0 Å². The fourth-order valence-electron chi connectivity index (χ4n) is 1.92. The van der Waals surface area contributed by atoms with Crippen LogP contribution in [0.4, 0.5) is 0 Å². The number of amides is 2. The van der Waals surface area contributed by atoms with Gasteiger partial charge in [0.1, 0.15) is 12.6 Å². The zero-order chi connectivity index (χ0) is 15.5. The average Bonchev–Trinajstić information content (AvgIpc) is 2.30. The molecule has 0 saturated carbocycles. The standard InChI is InChI=1S/C13H22N2O4S/c1-8(2)5-15(6-10(16)17)11(18)9-7-20-13(3,4)12(19)14-9/h8-9H,5-7H2,1-4H3,(H,14,19)(H,16,17)/t9-/m1/s1. The largest absolute Gasteiger partial charge is 0.480 e. The summed E-state index contributed by atoms with van der Waals surface area (Å²) >= 11 is 1.41. The van der Waals surface area contributed by atoms with E-state index >= 15 is 0 Å². The number of hydrogen-bond acceptors (Lipinski definition) is 4. The van der Waals surface area contributed by atoms with E-state index in [-0.39, 0.29) is 24.3 Å². The molecule has 0 aliphatic carbocycles. The summed E-state index contributed by atoms with van der Waals surface area (Å²) < 4.78 is -0.549. The molecule has 7 heteroatoms. The van der Waals surface area contributed by atoms with E-state index < -0.39 is 16.8 Å². The van der Waals surface area contributed by atoms with Gasteiger partial charge in [0, 0.05) is 12.3 Å². The summed E-state index contributed by atoms with van der Waals surface area (Å²) in [5.74, 6) is -0.925. The van der Waals surface area contributed by atoms with Crippen molar-refractivity contribution in [2.45, 2.75) is 38.5 Å². The number of carbonyl (C=O) groups excluding carboxylic acids is 2. The minimum atomic E-state index is -1.05. The molecule has 0 spiro atoms. The molecule has 2 amide bonds. The van der Waals surface area contributed by atoms with Gasteiger partial charge >= 0.3 is 5.97 Å². The molecule has 0 bridgehead atoms. The minimum Gasteiger partial charge on any atom is -0.480 e. The lowest BCUT2D eigenvalue weighted by Crippen LogP contribution is -2.58. The maximum Gasteiger partial charge on any atom is 0.323 e. The number of carboxylic acid groups (broad SMARTS) is 1. The van der Waals surface area contributed by atoms with Crippen molar-refractivity contribution in [1.82, 2.24) is 10.2 Å². The fourth-order valence-corrected chi connectivity index (χ4v) is 2.92. The molecule has 0 unspecified atom stereocenters. The van der Waals surface area contributed by atoms with E-state index in [1.165, 1.54) is 16.7 Å². The Kier molecular flexibility index (Phi) is 5.44. The molecule has 20 heavy (non-hydrogen) atoms. The predicted molar refractivity (Wildman–Crippen MR) is 77.5 cm³/mol. The predicted octanol–water partition coefficient (Wildman–Crippen LogP) is 0.566. The lowest BCUT2D eigenvalue weighted by Gasteiger charge is -2.35. The van der Waals surface area contributed by atoms with E-state index in [4.69, 9.17) is 5.11 Å². The van der Waals surface area contributed by atoms with Gasteiger partial charge in [0.15, 0.2) is 0 Å². The summed E-state index contributed by atoms with van der Waals surface area (Å²) in [5, 5.41) is 11.6. The summed E-state index contributed by atoms with van der Waals surface area (Å²) in [6.45, 7) is 7.47. The van der Waals surface area contributed by atoms with Crippen LogP contribution in [0.5, 0.6) is 0 Å². The van der Waals surface area contributed by atoms with Crippen LogP contribution in [0.3, 0.4) is 0 Å². The van der Waals surface area contributed by atoms with Crippen LogP contribution in [0.1, 0.15) is 27.7 Å². The van der Waals surface area contributed by atoms with Crippen LogP contribution >= 0.6 is 11.8 Å². The first-order valence-electron chi connectivity index (χ1n) is 6.59. The monoisotopic (exact) mass is 302 g/mol. The van der Waals surface area contributed by atoms with Crippen molar-refractivity contribution in [1.29, 1.82) is 0 Å². The zero-order valence-electron chi connectivity index (χ0n) is 12.3. The van der Waals surface area contributed by atoms with Crippen molar-refractivity contribution in [3.8, 4) is 0 Å². The Hall–Kier alpha value is -1.24. The van der Waals surface area contributed by atoms with Crippen molar-refractivity contribution < 1.29 is 19.5 Å². The van der Waals surface area contributed by atoms with Gasteiger partial charge in [-0.3, -0.25) is 14.4 Å². The van der Waals surface area contributed by atoms with Crippen LogP contribution in [0.2, 0.25) is 0 Å². The van der Waals surface area contributed by atoms with Gasteiger partial charge in [-0.1, -0.05) is 13.8 Å². The summed E-state index contributed by atoms with van der Waals surface area (Å²) in [5.41, 5.74) is 0. The van der Waals surface area contributed by atoms with Gasteiger partial charge in [-0.25, -0.2) is 0 Å². The third kappa shape index (κ3) is 4.40. The molecule has 0 aromatic rings. The topological polar surface area (TPSA) is 86.7 Å². The van der Waals surface area contributed by atoms with Gasteiger partial charge in [0.05, 0.1) is 4.75 Å². The first-order valence-corrected chi connectivity index (χ1v) is 7.57. The summed E-state index contributed by atoms with van der Waals surface area (Å²) in [4.78, 5) is 36.4. The van der Waals surface area contributed by atoms with Gasteiger partial charge in [0.25, 0.3) is 0 Å². The van der Waals surface area contributed by atoms with Gasteiger partial charge in [0.2, 0.25) is 11.8 Å². The van der Waals surface area contributed by atoms with Crippen molar-refractivity contribution in [2.24, 2.45) is 5.92 Å². The highest BCUT2D eigenvalue weighted by Crippen LogP contribution is 2.29. The Balaban J connectivity index is 2.75. The van der Waals surface area contributed by atoms with E-state index in [0.29, 0.717) is 12.3 Å². The highest BCUT2D eigenvalue weighted by molar-refractivity contribution is 8.01. The summed E-state index contributed by atoms with van der Waals surface area (Å²) in [7, 11) is 0. The number of nitrogens with one attached hydrogen (secondary N) is 1. The SMILES string of the molecule is CC(C)CN(CC(=O)O)C(=O)[C@H]1CSC(C)(C)C(=O)N1. The highest BCUT2D eigenvalue weighted by Gasteiger charge is 2.39. The molecule has 1 rings (SSSR count). The van der Waals surface area contributed by atoms with Crippen molar-refractivity contribution in [3.63, 3.8) is 0 Å². The zero-order valence-corrected chi connectivity index (χ0v) is 13.1. The molecule has 1 aliphatic heterocycles. The Morgan fingerprint density at radius 3 is 2.55 bits per heavy atom. The maximum absolute atomic E-state index is 12.4. The third-order valence-electron chi connectivity index (χ3n) is 2.98. The van der Waals surface area contributed by atoms with Crippen molar-refractivity contribution in [3.05, 3.63) is 0 Å². The lowest BCUT2D eigenvalue weighted by molar-refractivity contribution is -0.146. The van der Waals surface area contributed by atoms with Crippen LogP contribution in [0.15, 0.2) is 0 Å². The molecule has 2 N–H and O–H groups in total. The number of rotatable bonds is 5. The van der Waals surface area contributed by atoms with E-state index in [1.54, 1.807) is 13.8 Å². The molecule has 1 aliphatic rings. The summed E-state index contributed by atoms with van der Waals surface area (Å²) in [6.07, 6.45) is 0. The van der Waals surface area contributed by atoms with Gasteiger partial charge in [-0.15, -0.1) is 11.8 Å². The van der Waals surface area contributed by atoms with Crippen LogP contribution in [0, 0.1) is 5.92 Å². The lowest BCUT2D eigenvalue weighted by atomic mass is 10.1. The molecule has 6 nitrogen and oxygen atoms in total. The molecule has 1 heterocycles. The van der Waals surface area contributed by atoms with E-state index in [2.05, 4.69) is 5.32 Å². The maximum atomic E-state index is 12.4. The third-order valence-corrected chi connectivity index (χ3v) is 4.39. The molecule has 1 atom stereocenters. The second kappa shape index (κ2) is 6.47. The molecule has 0 aromatic heterocycles. The Labute approximate surface area is 123 Å². The number of aliphatic carboxylic acids is 1. The molecular formula is C13H22N2O4S. The molecular weight excluding hydrogens is 280 g/mol. The normalized spacial score (nSPS) is 21.4. The highest BCUT2D eigenvalue weighted by atomic mass is 32.2. The second-order valence-electron chi connectivity index (χ2n) is 5.85. The number of carbonyl (C=O) groups is 3. The van der Waals surface area contributed by atoms with Crippen LogP contribution in [-0.4, -0.2) is 57.4 Å². The number of thioether (sulfide) groups is 1. The van der Waals surface area contributed by atoms with Crippen LogP contribution < -0.4 is 5.32 Å². The quantitative estimate of drug-likeness (QED) is 0.775. The van der Waals surface area contributed by atoms with Gasteiger partial charge in [-0.2, -0.15) is 0 Å². The van der Waals surface area contributed by atoms with E-state index in [0.717, 1.165) is 0 Å². The smallest absolute Gasteiger partial charge is 0.323 e. The molecule has 114 valence electrons. The van der Waals surface area contributed by atoms with Crippen molar-refractivity contribution in [2.75, 3.05) is 18.8 Å². The minimum absolute atomic E-state index is 0.168. The average molecular weight is 302 g/mol. The second-order valence-corrected chi connectivity index (χ2v) is 7.50. The van der Waals surface area contributed by atoms with Crippen LogP contribution in [-0.2, 0) is 14.4 Å². The number of carboxylic acids is 1.